The molecular formula is C13H19F3N2O6. The van der Waals surface area contributed by atoms with E-state index in [0.29, 0.717) is 0 Å². The van der Waals surface area contributed by atoms with E-state index in [0.717, 1.165) is 12.0 Å². The summed E-state index contributed by atoms with van der Waals surface area (Å²) in [5, 5.41) is 11.7. The standard InChI is InChI=1S/C13H19F3N2O6/c1-11(2,3)24-10(21)18-5-12(22,6-18)7(8(19)23-4)17-9(20)13(14,15)16/h7,22H,5-6H2,1-4H3,(H,17,20). The molecule has 1 rings (SSSR count). The van der Waals surface area contributed by atoms with Gasteiger partial charge in [-0.25, -0.2) is 9.59 Å². The van der Waals surface area contributed by atoms with E-state index in [4.69, 9.17) is 4.74 Å². The first kappa shape index (κ1) is 20.0. The fraction of sp³-hybridized carbons (Fsp3) is 0.769. The lowest BCUT2D eigenvalue weighted by atomic mass is 9.86. The second-order valence-corrected chi connectivity index (χ2v) is 6.37. The van der Waals surface area contributed by atoms with Crippen LogP contribution < -0.4 is 5.32 Å². The van der Waals surface area contributed by atoms with Gasteiger partial charge in [-0.2, -0.15) is 13.2 Å². The van der Waals surface area contributed by atoms with Gasteiger partial charge in [0.05, 0.1) is 20.2 Å². The predicted molar refractivity (Wildman–Crippen MR) is 72.8 cm³/mol. The number of esters is 1. The number of nitrogens with zero attached hydrogens (tertiary/aromatic N) is 1. The number of carbonyl (C=O) groups is 3. The predicted octanol–water partition coefficient (Wildman–Crippen LogP) is 0.188. The summed E-state index contributed by atoms with van der Waals surface area (Å²) in [6, 6.07) is -1.98. The van der Waals surface area contributed by atoms with Crippen LogP contribution in [0.25, 0.3) is 0 Å². The maximum Gasteiger partial charge on any atom is 0.471 e. The maximum absolute atomic E-state index is 12.3. The number of likely N-dealkylation sites (tertiary alicyclic amines) is 1. The summed E-state index contributed by atoms with van der Waals surface area (Å²) in [4.78, 5) is 35.4. The van der Waals surface area contributed by atoms with Gasteiger partial charge in [0.15, 0.2) is 6.04 Å². The smallest absolute Gasteiger partial charge is 0.467 e. The minimum atomic E-state index is -5.24. The Kier molecular flexibility index (Phi) is 5.38. The lowest BCUT2D eigenvalue weighted by Gasteiger charge is -2.49. The van der Waals surface area contributed by atoms with Crippen molar-refractivity contribution in [2.45, 2.75) is 44.2 Å². The van der Waals surface area contributed by atoms with Crippen LogP contribution >= 0.6 is 0 Å². The van der Waals surface area contributed by atoms with E-state index < -0.39 is 54.5 Å². The third-order valence-electron chi connectivity index (χ3n) is 3.09. The van der Waals surface area contributed by atoms with Crippen molar-refractivity contribution in [2.75, 3.05) is 20.2 Å². The van der Waals surface area contributed by atoms with Gasteiger partial charge in [0.1, 0.15) is 11.2 Å². The summed E-state index contributed by atoms with van der Waals surface area (Å²) in [7, 11) is 0.892. The number of rotatable bonds is 3. The number of amides is 2. The first-order valence-electron chi connectivity index (χ1n) is 6.85. The quantitative estimate of drug-likeness (QED) is 0.700. The number of ether oxygens (including phenoxy) is 2. The van der Waals surface area contributed by atoms with Gasteiger partial charge in [0.25, 0.3) is 0 Å². The second-order valence-electron chi connectivity index (χ2n) is 6.37. The molecule has 0 aromatic carbocycles. The molecule has 1 saturated heterocycles. The number of hydrogen-bond acceptors (Lipinski definition) is 6. The summed E-state index contributed by atoms with van der Waals surface area (Å²) in [6.07, 6.45) is -6.05. The van der Waals surface area contributed by atoms with E-state index in [2.05, 4.69) is 4.74 Å². The molecule has 1 unspecified atom stereocenters. The minimum absolute atomic E-state index is 0.500. The zero-order chi connectivity index (χ0) is 18.9. The Bertz CT molecular complexity index is 523. The summed E-state index contributed by atoms with van der Waals surface area (Å²) < 4.78 is 46.4. The largest absolute Gasteiger partial charge is 0.471 e. The van der Waals surface area contributed by atoms with E-state index in [-0.39, 0.29) is 0 Å². The van der Waals surface area contributed by atoms with Crippen molar-refractivity contribution in [3.8, 4) is 0 Å². The molecule has 8 nitrogen and oxygen atoms in total. The molecule has 1 atom stereocenters. The van der Waals surface area contributed by atoms with Crippen molar-refractivity contribution in [3.63, 3.8) is 0 Å². The molecule has 0 radical (unpaired) electrons. The number of aliphatic hydroxyl groups is 1. The molecule has 0 aromatic heterocycles. The topological polar surface area (TPSA) is 105 Å². The van der Waals surface area contributed by atoms with Gasteiger partial charge in [0, 0.05) is 0 Å². The Hall–Kier alpha value is -2.04. The van der Waals surface area contributed by atoms with Gasteiger partial charge in [-0.05, 0) is 20.8 Å². The van der Waals surface area contributed by atoms with Crippen LogP contribution in [0.1, 0.15) is 20.8 Å². The molecule has 1 fully saturated rings. The van der Waals surface area contributed by atoms with Crippen LogP contribution in [0.3, 0.4) is 0 Å². The molecule has 2 N–H and O–H groups in total. The SMILES string of the molecule is COC(=O)C(NC(=O)C(F)(F)F)C1(O)CN(C(=O)OC(C)(C)C)C1. The molecule has 1 aliphatic rings. The third kappa shape index (κ3) is 4.73. The molecule has 2 amide bonds. The Morgan fingerprint density at radius 1 is 1.21 bits per heavy atom. The molecule has 138 valence electrons. The van der Waals surface area contributed by atoms with Crippen molar-refractivity contribution >= 4 is 18.0 Å². The lowest BCUT2D eigenvalue weighted by Crippen LogP contribution is -2.74. The Morgan fingerprint density at radius 3 is 2.08 bits per heavy atom. The van der Waals surface area contributed by atoms with Gasteiger partial charge in [-0.15, -0.1) is 0 Å². The number of β-amino-alcohol motifs (C(OH)–C–C–N with tert-alkyl or cyclic N) is 1. The maximum atomic E-state index is 12.3. The van der Waals surface area contributed by atoms with Gasteiger partial charge in [0.2, 0.25) is 0 Å². The van der Waals surface area contributed by atoms with Crippen LogP contribution in [0.15, 0.2) is 0 Å². The number of alkyl halides is 3. The highest BCUT2D eigenvalue weighted by Crippen LogP contribution is 2.28. The van der Waals surface area contributed by atoms with Crippen molar-refractivity contribution in [1.29, 1.82) is 0 Å². The average molecular weight is 356 g/mol. The van der Waals surface area contributed by atoms with E-state index in [9.17, 15) is 32.7 Å². The summed E-state index contributed by atoms with van der Waals surface area (Å²) >= 11 is 0. The first-order valence-corrected chi connectivity index (χ1v) is 6.85. The highest BCUT2D eigenvalue weighted by Gasteiger charge is 2.56. The molecule has 0 spiro atoms. The molecule has 0 bridgehead atoms. The van der Waals surface area contributed by atoms with Crippen LogP contribution in [0.4, 0.5) is 18.0 Å². The molecule has 1 aliphatic heterocycles. The molecule has 0 aliphatic carbocycles. The summed E-state index contributed by atoms with van der Waals surface area (Å²) in [5.41, 5.74) is -2.90. The van der Waals surface area contributed by atoms with Crippen LogP contribution in [-0.2, 0) is 19.1 Å². The van der Waals surface area contributed by atoms with Gasteiger partial charge < -0.3 is 24.8 Å². The molecule has 0 aromatic rings. The van der Waals surface area contributed by atoms with E-state index >= 15 is 0 Å². The zero-order valence-electron chi connectivity index (χ0n) is 13.6. The lowest BCUT2D eigenvalue weighted by molar-refractivity contribution is -0.184. The van der Waals surface area contributed by atoms with E-state index in [1.807, 2.05) is 0 Å². The van der Waals surface area contributed by atoms with Crippen LogP contribution in [0.2, 0.25) is 0 Å². The average Bonchev–Trinajstić information content (AvgIpc) is 2.36. The fourth-order valence-electron chi connectivity index (χ4n) is 2.00. The molecule has 0 saturated carbocycles. The number of halogens is 3. The summed E-state index contributed by atoms with van der Waals surface area (Å²) in [6.45, 7) is 3.83. The van der Waals surface area contributed by atoms with Gasteiger partial charge in [-0.1, -0.05) is 0 Å². The number of nitrogens with one attached hydrogen (secondary N) is 1. The van der Waals surface area contributed by atoms with Crippen molar-refractivity contribution in [3.05, 3.63) is 0 Å². The molecule has 1 heterocycles. The second kappa shape index (κ2) is 6.46. The Morgan fingerprint density at radius 2 is 1.71 bits per heavy atom. The number of hydrogen-bond donors (Lipinski definition) is 2. The highest BCUT2D eigenvalue weighted by molar-refractivity contribution is 5.88. The Balaban J connectivity index is 2.81. The fourth-order valence-corrected chi connectivity index (χ4v) is 2.00. The van der Waals surface area contributed by atoms with Gasteiger partial charge >= 0.3 is 24.1 Å². The number of methoxy groups -OCH3 is 1. The molecule has 24 heavy (non-hydrogen) atoms. The van der Waals surface area contributed by atoms with E-state index in [1.165, 1.54) is 5.32 Å². The minimum Gasteiger partial charge on any atom is -0.467 e. The zero-order valence-corrected chi connectivity index (χ0v) is 13.6. The normalized spacial score (nSPS) is 18.2. The number of carbonyl (C=O) groups excluding carboxylic acids is 3. The first-order chi connectivity index (χ1) is 10.7. The monoisotopic (exact) mass is 356 g/mol. The Labute approximate surface area is 135 Å². The summed E-state index contributed by atoms with van der Waals surface area (Å²) in [5.74, 6) is -3.67. The van der Waals surface area contributed by atoms with Crippen molar-refractivity contribution < 1.29 is 42.1 Å². The van der Waals surface area contributed by atoms with Crippen molar-refractivity contribution in [2.24, 2.45) is 0 Å². The van der Waals surface area contributed by atoms with Crippen LogP contribution in [0.5, 0.6) is 0 Å². The van der Waals surface area contributed by atoms with Crippen molar-refractivity contribution in [1.82, 2.24) is 10.2 Å². The van der Waals surface area contributed by atoms with Gasteiger partial charge in [-0.3, -0.25) is 4.79 Å². The third-order valence-corrected chi connectivity index (χ3v) is 3.09. The van der Waals surface area contributed by atoms with E-state index in [1.54, 1.807) is 20.8 Å². The molecular weight excluding hydrogens is 337 g/mol. The highest BCUT2D eigenvalue weighted by atomic mass is 19.4. The van der Waals surface area contributed by atoms with Crippen LogP contribution in [0, 0.1) is 0 Å². The molecule has 11 heteroatoms. The van der Waals surface area contributed by atoms with Crippen LogP contribution in [-0.4, -0.2) is 71.6 Å².